The number of carbonyl (C=O) groups excluding carboxylic acids is 1. The van der Waals surface area contributed by atoms with E-state index in [4.69, 9.17) is 0 Å². The first-order valence-electron chi connectivity index (χ1n) is 6.92. The monoisotopic (exact) mass is 367 g/mol. The molecule has 0 bridgehead atoms. The summed E-state index contributed by atoms with van der Waals surface area (Å²) in [6.45, 7) is 2.50. The summed E-state index contributed by atoms with van der Waals surface area (Å²) >= 11 is 1.16. The Bertz CT molecular complexity index is 595. The summed E-state index contributed by atoms with van der Waals surface area (Å²) in [5.41, 5.74) is 0. The van der Waals surface area contributed by atoms with E-state index < -0.39 is 10.0 Å². The van der Waals surface area contributed by atoms with Crippen molar-refractivity contribution in [2.45, 2.75) is 17.7 Å². The summed E-state index contributed by atoms with van der Waals surface area (Å²) in [6, 6.07) is 1.48. The van der Waals surface area contributed by atoms with Crippen LogP contribution in [0.25, 0.3) is 0 Å². The molecule has 9 heteroatoms. The van der Waals surface area contributed by atoms with Crippen molar-refractivity contribution in [1.29, 1.82) is 0 Å². The van der Waals surface area contributed by atoms with Crippen LogP contribution in [0.15, 0.2) is 16.3 Å². The molecule has 1 aromatic rings. The summed E-state index contributed by atoms with van der Waals surface area (Å²) < 4.78 is 25.5. The Hall–Kier alpha value is -0.670. The van der Waals surface area contributed by atoms with Crippen LogP contribution < -0.4 is 10.6 Å². The Morgan fingerprint density at radius 2 is 2.23 bits per heavy atom. The molecule has 1 aliphatic heterocycles. The van der Waals surface area contributed by atoms with Crippen LogP contribution in [-0.2, 0) is 10.0 Å². The first kappa shape index (κ1) is 19.4. The van der Waals surface area contributed by atoms with E-state index in [1.165, 1.54) is 20.2 Å². The van der Waals surface area contributed by atoms with Crippen LogP contribution >= 0.6 is 23.7 Å². The van der Waals surface area contributed by atoms with E-state index in [2.05, 4.69) is 10.6 Å². The van der Waals surface area contributed by atoms with Crippen molar-refractivity contribution in [2.75, 3.05) is 33.7 Å². The summed E-state index contributed by atoms with van der Waals surface area (Å²) in [5, 5.41) is 7.78. The minimum atomic E-state index is -3.58. The van der Waals surface area contributed by atoms with Crippen molar-refractivity contribution in [2.24, 2.45) is 5.92 Å². The highest BCUT2D eigenvalue weighted by Gasteiger charge is 2.26. The van der Waals surface area contributed by atoms with Crippen LogP contribution in [0, 0.1) is 5.92 Å². The maximum absolute atomic E-state index is 12.2. The number of rotatable bonds is 5. The van der Waals surface area contributed by atoms with Gasteiger partial charge in [0.2, 0.25) is 10.0 Å². The molecule has 2 rings (SSSR count). The van der Waals surface area contributed by atoms with Crippen LogP contribution in [0.1, 0.15) is 22.5 Å². The smallest absolute Gasteiger partial charge is 0.262 e. The quantitative estimate of drug-likeness (QED) is 0.818. The van der Waals surface area contributed by atoms with Crippen LogP contribution in [0.3, 0.4) is 0 Å². The van der Waals surface area contributed by atoms with Gasteiger partial charge in [0.05, 0.1) is 0 Å². The number of carbonyl (C=O) groups is 1. The van der Waals surface area contributed by atoms with Crippen molar-refractivity contribution in [1.82, 2.24) is 14.9 Å². The van der Waals surface area contributed by atoms with Gasteiger partial charge >= 0.3 is 0 Å². The van der Waals surface area contributed by atoms with Gasteiger partial charge in [0.1, 0.15) is 9.77 Å². The number of amides is 1. The minimum Gasteiger partial charge on any atom is -0.351 e. The second-order valence-corrected chi connectivity index (χ2v) is 8.36. The number of nitrogens with one attached hydrogen (secondary N) is 2. The van der Waals surface area contributed by atoms with Crippen LogP contribution in [-0.4, -0.2) is 52.4 Å². The number of thiophene rings is 1. The number of sulfonamides is 1. The molecule has 1 unspecified atom stereocenters. The molecule has 2 N–H and O–H groups in total. The number of halogens is 1. The lowest BCUT2D eigenvalue weighted by Crippen LogP contribution is -2.38. The minimum absolute atomic E-state index is 0. The molecular weight excluding hydrogens is 346 g/mol. The lowest BCUT2D eigenvalue weighted by Gasteiger charge is -2.22. The fourth-order valence-corrected chi connectivity index (χ4v) is 4.49. The maximum atomic E-state index is 12.2. The molecule has 0 radical (unpaired) electrons. The van der Waals surface area contributed by atoms with E-state index in [1.54, 1.807) is 5.38 Å². The van der Waals surface area contributed by atoms with Crippen molar-refractivity contribution < 1.29 is 13.2 Å². The van der Waals surface area contributed by atoms with Gasteiger partial charge in [0.25, 0.3) is 5.91 Å². The number of piperidine rings is 1. The fourth-order valence-electron chi connectivity index (χ4n) is 2.28. The topological polar surface area (TPSA) is 78.5 Å². The summed E-state index contributed by atoms with van der Waals surface area (Å²) in [4.78, 5) is 12.6. The van der Waals surface area contributed by atoms with Gasteiger partial charge in [-0.2, -0.15) is 0 Å². The summed E-state index contributed by atoms with van der Waals surface area (Å²) in [6.07, 6.45) is 2.19. The molecule has 2 heterocycles. The van der Waals surface area contributed by atoms with E-state index in [-0.39, 0.29) is 28.1 Å². The molecule has 6 nitrogen and oxygen atoms in total. The molecule has 1 saturated heterocycles. The second kappa shape index (κ2) is 8.26. The predicted molar refractivity (Wildman–Crippen MR) is 90.4 cm³/mol. The zero-order chi connectivity index (χ0) is 15.5. The van der Waals surface area contributed by atoms with Gasteiger partial charge in [0.15, 0.2) is 0 Å². The van der Waals surface area contributed by atoms with Gasteiger partial charge in [-0.15, -0.1) is 23.7 Å². The van der Waals surface area contributed by atoms with E-state index in [9.17, 15) is 13.2 Å². The van der Waals surface area contributed by atoms with Gasteiger partial charge in [-0.05, 0) is 43.3 Å². The molecule has 1 aromatic heterocycles. The maximum Gasteiger partial charge on any atom is 0.262 e. The normalized spacial score (nSPS) is 18.8. The zero-order valence-corrected chi connectivity index (χ0v) is 15.1. The van der Waals surface area contributed by atoms with Crippen molar-refractivity contribution >= 4 is 39.7 Å². The molecule has 1 atom stereocenters. The number of hydrogen-bond donors (Lipinski definition) is 2. The molecule has 1 aliphatic rings. The Morgan fingerprint density at radius 1 is 1.50 bits per heavy atom. The highest BCUT2D eigenvalue weighted by Crippen LogP contribution is 2.24. The molecule has 126 valence electrons. The average molecular weight is 368 g/mol. The highest BCUT2D eigenvalue weighted by molar-refractivity contribution is 7.89. The third kappa shape index (κ3) is 4.42. The first-order chi connectivity index (χ1) is 9.93. The Balaban J connectivity index is 0.00000242. The van der Waals surface area contributed by atoms with Crippen molar-refractivity contribution in [3.63, 3.8) is 0 Å². The van der Waals surface area contributed by atoms with Gasteiger partial charge < -0.3 is 10.6 Å². The largest absolute Gasteiger partial charge is 0.351 e. The number of hydrogen-bond acceptors (Lipinski definition) is 5. The molecule has 1 amide bonds. The van der Waals surface area contributed by atoms with Crippen LogP contribution in [0.2, 0.25) is 0 Å². The van der Waals surface area contributed by atoms with Gasteiger partial charge in [-0.3, -0.25) is 4.79 Å². The SMILES string of the molecule is CN(C)S(=O)(=O)c1ccsc1C(=O)NCC1CCCNC1.Cl. The predicted octanol–water partition coefficient (Wildman–Crippen LogP) is 1.15. The summed E-state index contributed by atoms with van der Waals surface area (Å²) in [5.74, 6) is 0.104. The molecule has 22 heavy (non-hydrogen) atoms. The van der Waals surface area contributed by atoms with Crippen LogP contribution in [0.5, 0.6) is 0 Å². The highest BCUT2D eigenvalue weighted by atomic mass is 35.5. The van der Waals surface area contributed by atoms with E-state index >= 15 is 0 Å². The third-order valence-corrected chi connectivity index (χ3v) is 6.44. The van der Waals surface area contributed by atoms with Crippen molar-refractivity contribution in [3.8, 4) is 0 Å². The molecule has 0 aliphatic carbocycles. The fraction of sp³-hybridized carbons (Fsp3) is 0.615. The Morgan fingerprint density at radius 3 is 2.82 bits per heavy atom. The van der Waals surface area contributed by atoms with Crippen molar-refractivity contribution in [3.05, 3.63) is 16.3 Å². The molecule has 0 spiro atoms. The third-order valence-electron chi connectivity index (χ3n) is 3.54. The number of nitrogens with zero attached hydrogens (tertiary/aromatic N) is 1. The standard InChI is InChI=1S/C13H21N3O3S2.ClH/c1-16(2)21(18,19)11-5-7-20-12(11)13(17)15-9-10-4-3-6-14-8-10;/h5,7,10,14H,3-4,6,8-9H2,1-2H3,(H,15,17);1H. The summed E-state index contributed by atoms with van der Waals surface area (Å²) in [7, 11) is -0.660. The Labute approximate surface area is 141 Å². The van der Waals surface area contributed by atoms with Crippen LogP contribution in [0.4, 0.5) is 0 Å². The lowest BCUT2D eigenvalue weighted by atomic mass is 10.00. The molecule has 0 saturated carbocycles. The molecular formula is C13H22ClN3O3S2. The Kier molecular flexibility index (Phi) is 7.27. The average Bonchev–Trinajstić information content (AvgIpc) is 2.96. The van der Waals surface area contributed by atoms with Gasteiger partial charge in [-0.25, -0.2) is 12.7 Å². The first-order valence-corrected chi connectivity index (χ1v) is 9.24. The molecule has 1 fully saturated rings. The zero-order valence-electron chi connectivity index (χ0n) is 12.7. The molecule has 0 aromatic carbocycles. The lowest BCUT2D eigenvalue weighted by molar-refractivity contribution is 0.0946. The van der Waals surface area contributed by atoms with E-state index in [1.807, 2.05) is 0 Å². The van der Waals surface area contributed by atoms with Gasteiger partial charge in [0, 0.05) is 20.6 Å². The van der Waals surface area contributed by atoms with E-state index in [0.717, 1.165) is 41.6 Å². The van der Waals surface area contributed by atoms with Gasteiger partial charge in [-0.1, -0.05) is 0 Å². The van der Waals surface area contributed by atoms with E-state index in [0.29, 0.717) is 12.5 Å². The second-order valence-electron chi connectivity index (χ2n) is 5.32.